The third kappa shape index (κ3) is 3.34. The average molecular weight is 384 g/mol. The van der Waals surface area contributed by atoms with Crippen LogP contribution < -0.4 is 8.63 Å². The minimum atomic E-state index is -1.11. The maximum absolute atomic E-state index is 11.9. The standard InChI is InChI=1S/C14H14Cl3NO3S/c1-14(2)7-8-5-4-6-9(10(8)21-14)18(3,13(19)20)22-12(17)11(15)16/h4-6H,7H2,1-3H3/p+1. The topological polar surface area (TPSA) is 46.5 Å². The summed E-state index contributed by atoms with van der Waals surface area (Å²) >= 11 is 18.1. The van der Waals surface area contributed by atoms with Crippen molar-refractivity contribution in [1.29, 1.82) is 0 Å². The zero-order chi connectivity index (χ0) is 16.7. The van der Waals surface area contributed by atoms with Crippen LogP contribution in [-0.2, 0) is 6.42 Å². The highest BCUT2D eigenvalue weighted by Gasteiger charge is 2.45. The van der Waals surface area contributed by atoms with Crippen LogP contribution in [-0.4, -0.2) is 23.8 Å². The second kappa shape index (κ2) is 6.13. The number of carbonyl (C=O) groups is 1. The lowest BCUT2D eigenvalue weighted by molar-refractivity contribution is 0.136. The van der Waals surface area contributed by atoms with Gasteiger partial charge in [0.05, 0.1) is 7.05 Å². The molecule has 1 aliphatic heterocycles. The lowest BCUT2D eigenvalue weighted by Crippen LogP contribution is -2.43. The molecule has 1 aromatic carbocycles. The van der Waals surface area contributed by atoms with E-state index in [1.807, 2.05) is 19.9 Å². The Kier molecular flexibility index (Phi) is 4.95. The number of fused-ring (bicyclic) bond motifs is 1. The maximum Gasteiger partial charge on any atom is 0.530 e. The summed E-state index contributed by atoms with van der Waals surface area (Å²) in [6.45, 7) is 3.91. The Hall–Kier alpha value is -0.590. The van der Waals surface area contributed by atoms with E-state index >= 15 is 0 Å². The van der Waals surface area contributed by atoms with E-state index in [1.54, 1.807) is 12.1 Å². The summed E-state index contributed by atoms with van der Waals surface area (Å²) in [6.07, 6.45) is -0.403. The van der Waals surface area contributed by atoms with Gasteiger partial charge in [0.2, 0.25) is 0 Å². The van der Waals surface area contributed by atoms with Crippen molar-refractivity contribution in [2.45, 2.75) is 25.9 Å². The molecular weight excluding hydrogens is 369 g/mol. The van der Waals surface area contributed by atoms with Crippen molar-refractivity contribution in [2.75, 3.05) is 7.05 Å². The fourth-order valence-electron chi connectivity index (χ4n) is 2.32. The number of para-hydroxylation sites is 1. The van der Waals surface area contributed by atoms with Crippen LogP contribution in [0.2, 0.25) is 0 Å². The van der Waals surface area contributed by atoms with E-state index in [9.17, 15) is 9.90 Å². The number of halogens is 3. The van der Waals surface area contributed by atoms with Gasteiger partial charge in [-0.25, -0.2) is 0 Å². The molecule has 0 aromatic heterocycles. The predicted molar refractivity (Wildman–Crippen MR) is 92.8 cm³/mol. The van der Waals surface area contributed by atoms with Crippen molar-refractivity contribution in [2.24, 2.45) is 0 Å². The quantitative estimate of drug-likeness (QED) is 0.552. The van der Waals surface area contributed by atoms with E-state index in [1.165, 1.54) is 7.05 Å². The Balaban J connectivity index is 2.55. The summed E-state index contributed by atoms with van der Waals surface area (Å²) in [6, 6.07) is 5.43. The van der Waals surface area contributed by atoms with Crippen molar-refractivity contribution >= 4 is 58.5 Å². The molecule has 1 heterocycles. The van der Waals surface area contributed by atoms with Gasteiger partial charge in [0, 0.05) is 18.1 Å². The molecule has 0 saturated heterocycles. The van der Waals surface area contributed by atoms with E-state index in [0.29, 0.717) is 17.9 Å². The highest BCUT2D eigenvalue weighted by atomic mass is 35.5. The molecule has 0 fully saturated rings. The van der Waals surface area contributed by atoms with Crippen LogP contribution in [0.3, 0.4) is 0 Å². The van der Waals surface area contributed by atoms with E-state index < -0.39 is 9.98 Å². The zero-order valence-corrected chi connectivity index (χ0v) is 15.3. The lowest BCUT2D eigenvalue weighted by atomic mass is 10.0. The first-order valence-electron chi connectivity index (χ1n) is 6.39. The highest BCUT2D eigenvalue weighted by molar-refractivity contribution is 8.04. The van der Waals surface area contributed by atoms with Crippen molar-refractivity contribution in [3.8, 4) is 5.75 Å². The van der Waals surface area contributed by atoms with Gasteiger partial charge >= 0.3 is 6.09 Å². The SMILES string of the molecule is CC1(C)Cc2cccc([N+](C)(SC(Cl)=C(Cl)Cl)C(=O)O)c2O1. The summed E-state index contributed by atoms with van der Waals surface area (Å²) in [5, 5.41) is 9.71. The molecule has 0 bridgehead atoms. The van der Waals surface area contributed by atoms with Gasteiger partial charge in [-0.05, 0) is 13.8 Å². The van der Waals surface area contributed by atoms with Crippen LogP contribution in [0.5, 0.6) is 5.75 Å². The summed E-state index contributed by atoms with van der Waals surface area (Å²) in [7, 11) is 1.50. The molecule has 0 saturated carbocycles. The van der Waals surface area contributed by atoms with E-state index in [2.05, 4.69) is 0 Å². The summed E-state index contributed by atoms with van der Waals surface area (Å²) in [5.74, 6) is 0.570. The minimum Gasteiger partial charge on any atom is -0.481 e. The number of quaternary nitrogens is 1. The summed E-state index contributed by atoms with van der Waals surface area (Å²) < 4.78 is 5.19. The Morgan fingerprint density at radius 2 is 2.00 bits per heavy atom. The second-order valence-electron chi connectivity index (χ2n) is 5.64. The third-order valence-corrected chi connectivity index (χ3v) is 5.58. The number of nitrogens with zero attached hydrogens (tertiary/aromatic N) is 1. The first-order valence-corrected chi connectivity index (χ1v) is 8.29. The Morgan fingerprint density at radius 1 is 1.36 bits per heavy atom. The number of hydrogen-bond acceptors (Lipinski definition) is 3. The Morgan fingerprint density at radius 3 is 2.55 bits per heavy atom. The normalized spacial score (nSPS) is 18.1. The molecule has 1 aromatic rings. The predicted octanol–water partition coefficient (Wildman–Crippen LogP) is 5.51. The van der Waals surface area contributed by atoms with E-state index in [0.717, 1.165) is 17.5 Å². The van der Waals surface area contributed by atoms with Gasteiger partial charge in [-0.2, -0.15) is 4.79 Å². The molecule has 22 heavy (non-hydrogen) atoms. The van der Waals surface area contributed by atoms with Gasteiger partial charge in [0.15, 0.2) is 15.8 Å². The Bertz CT molecular complexity index is 659. The molecular formula is C14H15Cl3NO3S+. The second-order valence-corrected chi connectivity index (χ2v) is 8.51. The molecule has 4 nitrogen and oxygen atoms in total. The average Bonchev–Trinajstić information content (AvgIpc) is 2.71. The summed E-state index contributed by atoms with van der Waals surface area (Å²) in [5.41, 5.74) is 1.06. The van der Waals surface area contributed by atoms with Crippen LogP contribution in [0, 0.1) is 0 Å². The van der Waals surface area contributed by atoms with Gasteiger partial charge in [-0.1, -0.05) is 46.9 Å². The van der Waals surface area contributed by atoms with Crippen molar-refractivity contribution in [3.63, 3.8) is 0 Å². The number of rotatable bonds is 3. The molecule has 8 heteroatoms. The van der Waals surface area contributed by atoms with Gasteiger partial charge in [0.25, 0.3) is 0 Å². The molecule has 0 radical (unpaired) electrons. The molecule has 1 aliphatic rings. The van der Waals surface area contributed by atoms with E-state index in [-0.39, 0.29) is 14.5 Å². The van der Waals surface area contributed by atoms with Crippen LogP contribution in [0.25, 0.3) is 0 Å². The fraction of sp³-hybridized carbons (Fsp3) is 0.357. The Labute approximate surface area is 148 Å². The fourth-order valence-corrected chi connectivity index (χ4v) is 3.65. The van der Waals surface area contributed by atoms with E-state index in [4.69, 9.17) is 39.5 Å². The van der Waals surface area contributed by atoms with Crippen molar-refractivity contribution < 1.29 is 14.6 Å². The summed E-state index contributed by atoms with van der Waals surface area (Å²) in [4.78, 5) is 11.9. The zero-order valence-electron chi connectivity index (χ0n) is 12.2. The highest BCUT2D eigenvalue weighted by Crippen LogP contribution is 2.49. The molecule has 2 rings (SSSR count). The smallest absolute Gasteiger partial charge is 0.481 e. The van der Waals surface area contributed by atoms with Gasteiger partial charge in [-0.3, -0.25) is 0 Å². The van der Waals surface area contributed by atoms with Crippen LogP contribution in [0.15, 0.2) is 27.1 Å². The number of carboxylic acid groups (broad SMARTS) is 1. The van der Waals surface area contributed by atoms with Gasteiger partial charge < -0.3 is 9.84 Å². The third-order valence-electron chi connectivity index (χ3n) is 3.31. The van der Waals surface area contributed by atoms with Gasteiger partial charge in [0.1, 0.15) is 22.0 Å². The largest absolute Gasteiger partial charge is 0.530 e. The molecule has 1 unspecified atom stereocenters. The number of ether oxygens (including phenoxy) is 1. The first kappa shape index (κ1) is 17.8. The number of amides is 1. The molecule has 1 N–H and O–H groups in total. The monoisotopic (exact) mass is 382 g/mol. The first-order chi connectivity index (χ1) is 10.1. The van der Waals surface area contributed by atoms with Crippen LogP contribution >= 0.6 is 46.8 Å². The van der Waals surface area contributed by atoms with Crippen molar-refractivity contribution in [1.82, 2.24) is 3.89 Å². The van der Waals surface area contributed by atoms with Crippen molar-refractivity contribution in [3.05, 3.63) is 32.6 Å². The van der Waals surface area contributed by atoms with Crippen LogP contribution in [0.1, 0.15) is 19.4 Å². The molecule has 120 valence electrons. The number of benzene rings is 1. The molecule has 1 amide bonds. The molecule has 0 spiro atoms. The lowest BCUT2D eigenvalue weighted by Gasteiger charge is -2.26. The number of hydrogen-bond donors (Lipinski definition) is 1. The maximum atomic E-state index is 11.9. The minimum absolute atomic E-state index is 0.00286. The molecule has 0 aliphatic carbocycles. The van der Waals surface area contributed by atoms with Crippen LogP contribution in [0.4, 0.5) is 10.5 Å². The molecule has 1 atom stereocenters. The van der Waals surface area contributed by atoms with Gasteiger partial charge in [-0.15, -0.1) is 3.89 Å².